The van der Waals surface area contributed by atoms with Crippen LogP contribution in [-0.2, 0) is 23.9 Å². The van der Waals surface area contributed by atoms with Gasteiger partial charge in [-0.2, -0.15) is 0 Å². The lowest BCUT2D eigenvalue weighted by molar-refractivity contribution is -0.237. The summed E-state index contributed by atoms with van der Waals surface area (Å²) in [5.41, 5.74) is -5.49. The molecule has 6 nitrogen and oxygen atoms in total. The molecule has 0 heterocycles. The molecule has 3 saturated carbocycles. The van der Waals surface area contributed by atoms with Crippen LogP contribution < -0.4 is 0 Å². The summed E-state index contributed by atoms with van der Waals surface area (Å²) in [6.45, 7) is 8.65. The van der Waals surface area contributed by atoms with Crippen molar-refractivity contribution in [2.24, 2.45) is 28.6 Å². The lowest BCUT2D eigenvalue weighted by Crippen LogP contribution is -2.70. The van der Waals surface area contributed by atoms with Gasteiger partial charge in [-0.05, 0) is 64.5 Å². The van der Waals surface area contributed by atoms with Crippen LogP contribution in [0.4, 0.5) is 4.39 Å². The van der Waals surface area contributed by atoms with Crippen molar-refractivity contribution in [1.82, 2.24) is 0 Å². The van der Waals surface area contributed by atoms with Gasteiger partial charge in [-0.1, -0.05) is 48.7 Å². The summed E-state index contributed by atoms with van der Waals surface area (Å²) in [5.74, 6) is -3.51. The molecule has 1 N–H and O–H groups in total. The Labute approximate surface area is 215 Å². The molecule has 0 bridgehead atoms. The number of hydrogen-bond acceptors (Lipinski definition) is 6. The van der Waals surface area contributed by atoms with E-state index in [9.17, 15) is 19.5 Å². The number of aliphatic hydroxyl groups excluding tert-OH is 1. The molecule has 194 valence electrons. The van der Waals surface area contributed by atoms with E-state index in [1.165, 1.54) is 12.2 Å². The van der Waals surface area contributed by atoms with Gasteiger partial charge in [0, 0.05) is 22.7 Å². The zero-order valence-corrected chi connectivity index (χ0v) is 22.2. The molecule has 0 aromatic carbocycles. The van der Waals surface area contributed by atoms with Crippen molar-refractivity contribution in [2.45, 2.75) is 88.6 Å². The van der Waals surface area contributed by atoms with Gasteiger partial charge >= 0.3 is 11.9 Å². The zero-order valence-electron chi connectivity index (χ0n) is 20.6. The number of ether oxygens (including phenoxy) is 2. The fraction of sp³-hybridized carbons (Fsp3) is 0.731. The predicted octanol–water partition coefficient (Wildman–Crippen LogP) is 4.64. The maximum absolute atomic E-state index is 17.3. The molecular formula is C26H33Cl2FO6. The third-order valence-corrected chi connectivity index (χ3v) is 9.62. The molecule has 3 fully saturated rings. The first-order valence-corrected chi connectivity index (χ1v) is 13.1. The van der Waals surface area contributed by atoms with E-state index in [0.717, 1.165) is 0 Å². The van der Waals surface area contributed by atoms with Gasteiger partial charge in [-0.25, -0.2) is 14.0 Å². The summed E-state index contributed by atoms with van der Waals surface area (Å²) in [7, 11) is 0. The minimum atomic E-state index is -2.07. The second-order valence-electron chi connectivity index (χ2n) is 11.3. The molecule has 4 aliphatic carbocycles. The van der Waals surface area contributed by atoms with Crippen LogP contribution >= 0.6 is 23.2 Å². The van der Waals surface area contributed by atoms with Crippen molar-refractivity contribution in [1.29, 1.82) is 0 Å². The summed E-state index contributed by atoms with van der Waals surface area (Å²) < 4.78 is 28.7. The minimum absolute atomic E-state index is 0.143. The van der Waals surface area contributed by atoms with Crippen molar-refractivity contribution in [2.75, 3.05) is 0 Å². The summed E-state index contributed by atoms with van der Waals surface area (Å²) in [5, 5.41) is 11.5. The molecule has 0 spiro atoms. The van der Waals surface area contributed by atoms with Crippen molar-refractivity contribution >= 4 is 40.9 Å². The Balaban J connectivity index is 1.85. The Morgan fingerprint density at radius 1 is 1.23 bits per heavy atom. The number of ketones is 1. The molecule has 35 heavy (non-hydrogen) atoms. The Hall–Kier alpha value is -1.44. The molecular weight excluding hydrogens is 498 g/mol. The second-order valence-corrected chi connectivity index (χ2v) is 12.4. The highest BCUT2D eigenvalue weighted by Gasteiger charge is 2.78. The first-order chi connectivity index (χ1) is 16.1. The van der Waals surface area contributed by atoms with E-state index in [0.29, 0.717) is 24.8 Å². The number of carbonyl (C=O) groups excluding carboxylic acids is 3. The number of carbonyl (C=O) groups is 3. The topological polar surface area (TPSA) is 89.9 Å². The maximum atomic E-state index is 17.3. The van der Waals surface area contributed by atoms with Crippen molar-refractivity contribution in [3.05, 3.63) is 23.8 Å². The molecule has 0 aliphatic heterocycles. The molecule has 8 atom stereocenters. The Morgan fingerprint density at radius 3 is 2.49 bits per heavy atom. The number of alkyl halides is 3. The predicted molar refractivity (Wildman–Crippen MR) is 128 cm³/mol. The molecule has 0 aromatic rings. The van der Waals surface area contributed by atoms with Crippen molar-refractivity contribution in [3.8, 4) is 0 Å². The van der Waals surface area contributed by atoms with E-state index in [2.05, 4.69) is 0 Å². The van der Waals surface area contributed by atoms with Crippen LogP contribution in [0, 0.1) is 28.6 Å². The van der Waals surface area contributed by atoms with Crippen LogP contribution in [0.2, 0.25) is 0 Å². The van der Waals surface area contributed by atoms with Gasteiger partial charge in [-0.15, -0.1) is 0 Å². The third kappa shape index (κ3) is 3.47. The Morgan fingerprint density at radius 2 is 1.89 bits per heavy atom. The molecule has 0 aromatic heterocycles. The van der Waals surface area contributed by atoms with Crippen molar-refractivity contribution < 1.29 is 33.4 Å². The SMILES string of the molecule is CC(C)OC(=O)[C@@]1(OC(=O)C(Cl)Cl)[C@H](C)C[C@H]2[C@@H]3CCC4=CC(=O)C=C[C@]4(C)[C@@]3(F)[C@@H](O)C[C@@]21C. The third-order valence-electron chi connectivity index (χ3n) is 9.27. The normalized spacial score (nSPS) is 44.4. The number of hydrogen-bond donors (Lipinski definition) is 1. The average Bonchev–Trinajstić information content (AvgIpc) is 2.96. The van der Waals surface area contributed by atoms with Gasteiger partial charge in [0.15, 0.2) is 11.5 Å². The second kappa shape index (κ2) is 8.56. The first kappa shape index (κ1) is 26.6. The molecule has 9 heteroatoms. The van der Waals surface area contributed by atoms with Gasteiger partial charge in [0.1, 0.15) is 0 Å². The smallest absolute Gasteiger partial charge is 0.351 e. The monoisotopic (exact) mass is 530 g/mol. The van der Waals surface area contributed by atoms with Gasteiger partial charge < -0.3 is 14.6 Å². The van der Waals surface area contributed by atoms with Gasteiger partial charge in [0.2, 0.25) is 10.4 Å². The maximum Gasteiger partial charge on any atom is 0.351 e. The van der Waals surface area contributed by atoms with Crippen molar-refractivity contribution in [3.63, 3.8) is 0 Å². The number of halogens is 3. The average molecular weight is 531 g/mol. The van der Waals surface area contributed by atoms with Crippen LogP contribution in [0.3, 0.4) is 0 Å². The number of fused-ring (bicyclic) bond motifs is 5. The van der Waals surface area contributed by atoms with Gasteiger partial charge in [0.05, 0.1) is 12.2 Å². The molecule has 0 unspecified atom stereocenters. The summed E-state index contributed by atoms with van der Waals surface area (Å²) >= 11 is 11.6. The summed E-state index contributed by atoms with van der Waals surface area (Å²) in [6, 6.07) is 0. The first-order valence-electron chi connectivity index (χ1n) is 12.2. The lowest BCUT2D eigenvalue weighted by atomic mass is 9.44. The number of aliphatic hydroxyl groups is 1. The fourth-order valence-corrected chi connectivity index (χ4v) is 7.82. The highest BCUT2D eigenvalue weighted by Crippen LogP contribution is 2.71. The molecule has 4 rings (SSSR count). The molecule has 0 amide bonds. The molecule has 0 radical (unpaired) electrons. The largest absolute Gasteiger partial charge is 0.460 e. The fourth-order valence-electron chi connectivity index (χ4n) is 7.73. The number of esters is 2. The Kier molecular flexibility index (Phi) is 6.51. The van der Waals surface area contributed by atoms with Crippen LogP contribution in [0.5, 0.6) is 0 Å². The van der Waals surface area contributed by atoms with Crippen LogP contribution in [-0.4, -0.2) is 51.1 Å². The summed E-state index contributed by atoms with van der Waals surface area (Å²) in [4.78, 5) is 36.8. The van der Waals surface area contributed by atoms with Crippen LogP contribution in [0.15, 0.2) is 23.8 Å². The quantitative estimate of drug-likeness (QED) is 0.420. The number of allylic oxidation sites excluding steroid dienone is 4. The van der Waals surface area contributed by atoms with E-state index in [4.69, 9.17) is 32.7 Å². The van der Waals surface area contributed by atoms with Crippen LogP contribution in [0.25, 0.3) is 0 Å². The molecule has 0 saturated heterocycles. The minimum Gasteiger partial charge on any atom is -0.460 e. The highest BCUT2D eigenvalue weighted by molar-refractivity contribution is 6.53. The Bertz CT molecular complexity index is 1010. The number of rotatable bonds is 4. The van der Waals surface area contributed by atoms with E-state index >= 15 is 4.39 Å². The van der Waals surface area contributed by atoms with E-state index < -0.39 is 68.8 Å². The van der Waals surface area contributed by atoms with Gasteiger partial charge in [0.25, 0.3) is 0 Å². The standard InChI is InChI=1S/C26H33Cl2FO6/c1-13(2)34-22(33)26(35-21(32)20(27)28)14(3)10-18-17-7-6-15-11-16(30)8-9-23(15,4)25(17,29)19(31)12-24(18,26)5/h8-9,11,13-14,17-20,31H,6-7,10,12H2,1-5H3/t14-,17+,18+,19+,23+,24+,25+,26+/m1/s1. The van der Waals surface area contributed by atoms with Gasteiger partial charge in [-0.3, -0.25) is 4.79 Å². The lowest BCUT2D eigenvalue weighted by Gasteiger charge is -2.62. The molecule has 4 aliphatic rings. The van der Waals surface area contributed by atoms with E-state index in [-0.39, 0.29) is 12.2 Å². The highest BCUT2D eigenvalue weighted by atomic mass is 35.5. The van der Waals surface area contributed by atoms with E-state index in [1.807, 2.05) is 0 Å². The summed E-state index contributed by atoms with van der Waals surface area (Å²) in [6.07, 6.45) is 3.55. The van der Waals surface area contributed by atoms with E-state index in [1.54, 1.807) is 40.7 Å². The zero-order chi connectivity index (χ0) is 26.1. The van der Waals surface area contributed by atoms with Crippen LogP contribution in [0.1, 0.15) is 60.3 Å².